The van der Waals surface area contributed by atoms with Crippen LogP contribution in [0.2, 0.25) is 0 Å². The van der Waals surface area contributed by atoms with Crippen molar-refractivity contribution in [2.75, 3.05) is 13.6 Å². The summed E-state index contributed by atoms with van der Waals surface area (Å²) in [6, 6.07) is 0. The van der Waals surface area contributed by atoms with Crippen LogP contribution in [0.1, 0.15) is 45.3 Å². The van der Waals surface area contributed by atoms with Crippen LogP contribution in [0.3, 0.4) is 0 Å². The average Bonchev–Trinajstić information content (AvgIpc) is 2.50. The molecule has 0 unspecified atom stereocenters. The van der Waals surface area contributed by atoms with E-state index in [2.05, 4.69) is 45.3 Å². The summed E-state index contributed by atoms with van der Waals surface area (Å²) < 4.78 is 0. The maximum Gasteiger partial charge on any atom is 0.0997 e. The first kappa shape index (κ1) is 12.7. The molecule has 0 aliphatic rings. The molecular weight excluding hydrogens is 204 g/mol. The first-order valence-electron chi connectivity index (χ1n) is 5.38. The van der Waals surface area contributed by atoms with Gasteiger partial charge in [-0.25, -0.2) is 4.98 Å². The van der Waals surface area contributed by atoms with Crippen LogP contribution < -0.4 is 5.32 Å². The summed E-state index contributed by atoms with van der Waals surface area (Å²) in [5.74, 6) is 0. The van der Waals surface area contributed by atoms with Crippen LogP contribution >= 0.6 is 11.3 Å². The molecule has 0 spiro atoms. The second kappa shape index (κ2) is 4.22. The molecule has 15 heavy (non-hydrogen) atoms. The van der Waals surface area contributed by atoms with Gasteiger partial charge in [-0.2, -0.15) is 0 Å². The van der Waals surface area contributed by atoms with Crippen molar-refractivity contribution in [2.45, 2.75) is 45.4 Å². The zero-order valence-corrected chi connectivity index (χ0v) is 11.5. The van der Waals surface area contributed by atoms with Crippen LogP contribution in [-0.4, -0.2) is 18.6 Å². The summed E-state index contributed by atoms with van der Waals surface area (Å²) in [6.45, 7) is 12.0. The van der Waals surface area contributed by atoms with Crippen molar-refractivity contribution < 1.29 is 0 Å². The van der Waals surface area contributed by atoms with E-state index in [9.17, 15) is 0 Å². The lowest BCUT2D eigenvalue weighted by molar-refractivity contribution is 0.484. The summed E-state index contributed by atoms with van der Waals surface area (Å²) in [4.78, 5) is 4.75. The van der Waals surface area contributed by atoms with Gasteiger partial charge in [0.25, 0.3) is 0 Å². The lowest BCUT2D eigenvalue weighted by atomic mass is 9.92. The second-order valence-electron chi connectivity index (χ2n) is 5.70. The average molecular weight is 226 g/mol. The summed E-state index contributed by atoms with van der Waals surface area (Å²) in [6.07, 6.45) is 0. The minimum atomic E-state index is 0.128. The molecule has 0 aliphatic carbocycles. The van der Waals surface area contributed by atoms with E-state index in [0.29, 0.717) is 0 Å². The quantitative estimate of drug-likeness (QED) is 0.857. The van der Waals surface area contributed by atoms with Crippen LogP contribution in [0.25, 0.3) is 0 Å². The highest BCUT2D eigenvalue weighted by Gasteiger charge is 2.26. The Bertz CT molecular complexity index is 321. The first-order valence-corrected chi connectivity index (χ1v) is 6.26. The van der Waals surface area contributed by atoms with Crippen molar-refractivity contribution >= 4 is 11.3 Å². The molecule has 1 aromatic rings. The van der Waals surface area contributed by atoms with E-state index in [1.165, 1.54) is 10.7 Å². The van der Waals surface area contributed by atoms with E-state index in [0.717, 1.165) is 6.54 Å². The molecule has 0 aliphatic heterocycles. The van der Waals surface area contributed by atoms with Crippen LogP contribution in [0.15, 0.2) is 5.38 Å². The maximum absolute atomic E-state index is 4.75. The number of rotatable bonds is 3. The predicted octanol–water partition coefficient (Wildman–Crippen LogP) is 2.94. The Hall–Kier alpha value is -0.410. The van der Waals surface area contributed by atoms with Crippen molar-refractivity contribution in [3.8, 4) is 0 Å². The van der Waals surface area contributed by atoms with Crippen molar-refractivity contribution in [1.82, 2.24) is 10.3 Å². The second-order valence-corrected chi connectivity index (χ2v) is 6.56. The van der Waals surface area contributed by atoms with E-state index in [1.54, 1.807) is 11.3 Å². The van der Waals surface area contributed by atoms with Gasteiger partial charge in [-0.3, -0.25) is 0 Å². The Morgan fingerprint density at radius 1 is 1.27 bits per heavy atom. The minimum Gasteiger partial charge on any atom is -0.319 e. The number of hydrogen-bond donors (Lipinski definition) is 1. The lowest BCUT2D eigenvalue weighted by Crippen LogP contribution is -2.30. The molecule has 0 bridgehead atoms. The SMILES string of the molecule is CNCC(C)(C)c1nc(C(C)(C)C)cs1. The van der Waals surface area contributed by atoms with E-state index in [4.69, 9.17) is 4.98 Å². The Morgan fingerprint density at radius 3 is 2.27 bits per heavy atom. The molecule has 1 aromatic heterocycles. The van der Waals surface area contributed by atoms with Crippen molar-refractivity contribution in [3.63, 3.8) is 0 Å². The van der Waals surface area contributed by atoms with Crippen molar-refractivity contribution in [2.24, 2.45) is 0 Å². The Kier molecular flexibility index (Phi) is 3.56. The molecule has 1 heterocycles. The Labute approximate surface area is 97.1 Å². The molecule has 86 valence electrons. The minimum absolute atomic E-state index is 0.128. The van der Waals surface area contributed by atoms with E-state index in [1.807, 2.05) is 7.05 Å². The van der Waals surface area contributed by atoms with Gasteiger partial charge in [0.05, 0.1) is 10.7 Å². The molecule has 0 aromatic carbocycles. The third-order valence-corrected chi connectivity index (χ3v) is 3.68. The molecule has 2 nitrogen and oxygen atoms in total. The molecule has 0 saturated carbocycles. The number of hydrogen-bond acceptors (Lipinski definition) is 3. The summed E-state index contributed by atoms with van der Waals surface area (Å²) in [5, 5.41) is 6.63. The molecule has 1 N–H and O–H groups in total. The smallest absolute Gasteiger partial charge is 0.0997 e. The number of likely N-dealkylation sites (N-methyl/N-ethyl adjacent to an activating group) is 1. The van der Waals surface area contributed by atoms with Gasteiger partial charge in [0, 0.05) is 22.8 Å². The monoisotopic (exact) mass is 226 g/mol. The topological polar surface area (TPSA) is 24.9 Å². The largest absolute Gasteiger partial charge is 0.319 e. The molecule has 1 rings (SSSR count). The van der Waals surface area contributed by atoms with Gasteiger partial charge in [-0.1, -0.05) is 34.6 Å². The maximum atomic E-state index is 4.75. The van der Waals surface area contributed by atoms with E-state index in [-0.39, 0.29) is 10.8 Å². The Balaban J connectivity index is 2.94. The highest BCUT2D eigenvalue weighted by atomic mass is 32.1. The Morgan fingerprint density at radius 2 is 1.87 bits per heavy atom. The molecule has 0 fully saturated rings. The lowest BCUT2D eigenvalue weighted by Gasteiger charge is -2.21. The van der Waals surface area contributed by atoms with Gasteiger partial charge in [0.1, 0.15) is 0 Å². The summed E-state index contributed by atoms with van der Waals surface area (Å²) in [5.41, 5.74) is 1.49. The third kappa shape index (κ3) is 3.02. The number of nitrogens with zero attached hydrogens (tertiary/aromatic N) is 1. The van der Waals surface area contributed by atoms with Gasteiger partial charge in [-0.05, 0) is 7.05 Å². The van der Waals surface area contributed by atoms with Crippen LogP contribution in [0.5, 0.6) is 0 Å². The predicted molar refractivity (Wildman–Crippen MR) is 67.8 cm³/mol. The zero-order valence-electron chi connectivity index (χ0n) is 10.6. The highest BCUT2D eigenvalue weighted by Crippen LogP contribution is 2.30. The molecule has 0 atom stereocenters. The first-order chi connectivity index (χ1) is 6.77. The van der Waals surface area contributed by atoms with E-state index >= 15 is 0 Å². The van der Waals surface area contributed by atoms with Gasteiger partial charge >= 0.3 is 0 Å². The van der Waals surface area contributed by atoms with Gasteiger partial charge in [0.2, 0.25) is 0 Å². The normalized spacial score (nSPS) is 13.2. The zero-order chi connectivity index (χ0) is 11.7. The molecule has 0 radical (unpaired) electrons. The van der Waals surface area contributed by atoms with Gasteiger partial charge < -0.3 is 5.32 Å². The standard InChI is InChI=1S/C12H22N2S/c1-11(2,3)9-7-15-10(14-9)12(4,5)8-13-6/h7,13H,8H2,1-6H3. The number of thiazole rings is 1. The van der Waals surface area contributed by atoms with Crippen molar-refractivity contribution in [3.05, 3.63) is 16.1 Å². The van der Waals surface area contributed by atoms with E-state index < -0.39 is 0 Å². The molecule has 0 saturated heterocycles. The molecular formula is C12H22N2S. The van der Waals surface area contributed by atoms with Crippen LogP contribution in [0.4, 0.5) is 0 Å². The fourth-order valence-corrected chi connectivity index (χ4v) is 2.62. The van der Waals surface area contributed by atoms with Crippen molar-refractivity contribution in [1.29, 1.82) is 0 Å². The molecule has 3 heteroatoms. The third-order valence-electron chi connectivity index (χ3n) is 2.47. The van der Waals surface area contributed by atoms with Crippen LogP contribution in [0, 0.1) is 0 Å². The van der Waals surface area contributed by atoms with Gasteiger partial charge in [0.15, 0.2) is 0 Å². The van der Waals surface area contributed by atoms with Crippen LogP contribution in [-0.2, 0) is 10.8 Å². The summed E-state index contributed by atoms with van der Waals surface area (Å²) >= 11 is 1.77. The number of nitrogens with one attached hydrogen (secondary N) is 1. The molecule has 0 amide bonds. The van der Waals surface area contributed by atoms with Gasteiger partial charge in [-0.15, -0.1) is 11.3 Å². The fraction of sp³-hybridized carbons (Fsp3) is 0.750. The highest BCUT2D eigenvalue weighted by molar-refractivity contribution is 7.09. The number of aromatic nitrogens is 1. The fourth-order valence-electron chi connectivity index (χ4n) is 1.45. The summed E-state index contributed by atoms with van der Waals surface area (Å²) in [7, 11) is 1.99.